The number of rotatable bonds is 6. The molecule has 1 amide bonds. The molecule has 0 N–H and O–H groups in total. The maximum absolute atomic E-state index is 14.2. The van der Waals surface area contributed by atoms with Gasteiger partial charge in [-0.25, -0.2) is 9.38 Å². The number of amides is 1. The largest absolute Gasteiger partial charge is 0.465 e. The predicted molar refractivity (Wildman–Crippen MR) is 153 cm³/mol. The first-order chi connectivity index (χ1) is 19.2. The third-order valence-corrected chi connectivity index (χ3v) is 8.11. The van der Waals surface area contributed by atoms with Crippen molar-refractivity contribution in [3.05, 3.63) is 86.9 Å². The summed E-state index contributed by atoms with van der Waals surface area (Å²) in [6, 6.07) is 11.0. The molecule has 5 rings (SSSR count). The van der Waals surface area contributed by atoms with E-state index in [0.29, 0.717) is 58.9 Å². The summed E-state index contributed by atoms with van der Waals surface area (Å²) < 4.78 is 18.6. The van der Waals surface area contributed by atoms with Crippen molar-refractivity contribution >= 4 is 46.6 Å². The first kappa shape index (κ1) is 28.0. The Morgan fingerprint density at radius 3 is 2.42 bits per heavy atom. The van der Waals surface area contributed by atoms with Gasteiger partial charge in [0.05, 0.1) is 27.9 Å². The molecule has 0 aromatic heterocycles. The number of anilines is 1. The van der Waals surface area contributed by atoms with Gasteiger partial charge in [-0.1, -0.05) is 35.3 Å². The molecular weight excluding hydrogens is 556 g/mol. The van der Waals surface area contributed by atoms with Crippen LogP contribution >= 0.6 is 23.2 Å². The predicted octanol–water partition coefficient (Wildman–Crippen LogP) is 5.21. The van der Waals surface area contributed by atoms with Crippen LogP contribution in [0.3, 0.4) is 0 Å². The third-order valence-electron chi connectivity index (χ3n) is 7.28. The fourth-order valence-electron chi connectivity index (χ4n) is 5.34. The van der Waals surface area contributed by atoms with E-state index in [-0.39, 0.29) is 24.9 Å². The number of allylic oxidation sites excluding steroid dienone is 2. The van der Waals surface area contributed by atoms with E-state index in [1.54, 1.807) is 41.1 Å². The number of amidine groups is 1. The number of hydrogen-bond acceptors (Lipinski definition) is 7. The van der Waals surface area contributed by atoms with E-state index in [0.717, 1.165) is 11.4 Å². The first-order valence-electron chi connectivity index (χ1n) is 13.1. The highest BCUT2D eigenvalue weighted by Gasteiger charge is 2.44. The zero-order chi connectivity index (χ0) is 28.6. The van der Waals surface area contributed by atoms with Crippen LogP contribution in [0.5, 0.6) is 0 Å². The van der Waals surface area contributed by atoms with Gasteiger partial charge in [0.1, 0.15) is 24.2 Å². The molecule has 0 saturated carbocycles. The molecule has 2 aromatic rings. The molecule has 1 saturated heterocycles. The molecule has 0 aliphatic carbocycles. The van der Waals surface area contributed by atoms with Crippen molar-refractivity contribution in [2.24, 2.45) is 4.99 Å². The fraction of sp³-hybridized carbons (Fsp3) is 0.345. The van der Waals surface area contributed by atoms with Crippen molar-refractivity contribution < 1.29 is 18.7 Å². The second kappa shape index (κ2) is 11.5. The van der Waals surface area contributed by atoms with Crippen LogP contribution in [0.4, 0.5) is 10.1 Å². The molecule has 2 aromatic carbocycles. The molecule has 3 aliphatic heterocycles. The molecular formula is C29H30Cl2FN5O3. The number of halogens is 3. The summed E-state index contributed by atoms with van der Waals surface area (Å²) in [5, 5.41) is 4.29. The average Bonchev–Trinajstić information content (AvgIpc) is 3.23. The van der Waals surface area contributed by atoms with Gasteiger partial charge in [-0.2, -0.15) is 0 Å². The summed E-state index contributed by atoms with van der Waals surface area (Å²) in [5.74, 6) is -0.256. The molecule has 210 valence electrons. The van der Waals surface area contributed by atoms with Gasteiger partial charge in [-0.15, -0.1) is 0 Å². The topological polar surface area (TPSA) is 68.7 Å². The summed E-state index contributed by atoms with van der Waals surface area (Å²) in [6.07, 6.45) is 1.87. The van der Waals surface area contributed by atoms with Crippen molar-refractivity contribution in [2.75, 3.05) is 44.2 Å². The van der Waals surface area contributed by atoms with Crippen molar-refractivity contribution in [3.63, 3.8) is 0 Å². The van der Waals surface area contributed by atoms with E-state index in [4.69, 9.17) is 32.9 Å². The quantitative estimate of drug-likeness (QED) is 0.434. The first-order valence-corrected chi connectivity index (χ1v) is 13.9. The van der Waals surface area contributed by atoms with E-state index in [2.05, 4.69) is 4.90 Å². The maximum atomic E-state index is 14.2. The second-order valence-corrected chi connectivity index (χ2v) is 10.5. The average molecular weight is 586 g/mol. The van der Waals surface area contributed by atoms with E-state index in [1.807, 2.05) is 31.0 Å². The molecule has 0 bridgehead atoms. The highest BCUT2D eigenvalue weighted by Crippen LogP contribution is 2.44. The molecule has 0 radical (unpaired) electrons. The smallest absolute Gasteiger partial charge is 0.327 e. The minimum atomic E-state index is -0.676. The van der Waals surface area contributed by atoms with Crippen LogP contribution in [-0.2, 0) is 14.3 Å². The molecule has 3 aliphatic rings. The molecule has 8 nitrogen and oxygen atoms in total. The Bertz CT molecular complexity index is 1420. The Morgan fingerprint density at radius 1 is 1.05 bits per heavy atom. The number of carbonyl (C=O) groups is 2. The zero-order valence-electron chi connectivity index (χ0n) is 22.5. The van der Waals surface area contributed by atoms with Gasteiger partial charge in [0.2, 0.25) is 0 Å². The minimum Gasteiger partial charge on any atom is -0.465 e. The van der Waals surface area contributed by atoms with Gasteiger partial charge >= 0.3 is 5.97 Å². The van der Waals surface area contributed by atoms with E-state index in [1.165, 1.54) is 12.1 Å². The van der Waals surface area contributed by atoms with Gasteiger partial charge in [0, 0.05) is 49.2 Å². The SMILES string of the molecule is CCOC(=O)CN1C(C)=CC2=NC(C)=C(C(=O)N3CCN(c4ccc(F)cc4)CC3)C(c3cccc(Cl)c3Cl)N21. The lowest BCUT2D eigenvalue weighted by atomic mass is 9.93. The van der Waals surface area contributed by atoms with Crippen LogP contribution in [0.25, 0.3) is 0 Å². The number of nitrogens with zero attached hydrogens (tertiary/aromatic N) is 5. The lowest BCUT2D eigenvalue weighted by Gasteiger charge is -2.43. The monoisotopic (exact) mass is 585 g/mol. The summed E-state index contributed by atoms with van der Waals surface area (Å²) in [7, 11) is 0. The standard InChI is InChI=1S/C29H30Cl2FN5O3/c1-4-40-25(38)17-36-18(2)16-24-33-19(3)26(28(37(24)36)22-6-5-7-23(30)27(22)31)29(39)35-14-12-34(13-15-35)21-10-8-20(32)9-11-21/h5-11,16,28H,4,12-15,17H2,1-3H3. The molecule has 11 heteroatoms. The fourth-order valence-corrected chi connectivity index (χ4v) is 5.75. The van der Waals surface area contributed by atoms with E-state index < -0.39 is 12.0 Å². The Balaban J connectivity index is 1.49. The normalized spacial score (nSPS) is 19.0. The molecule has 1 unspecified atom stereocenters. The second-order valence-electron chi connectivity index (χ2n) is 9.76. The molecule has 1 atom stereocenters. The van der Waals surface area contributed by atoms with Gasteiger partial charge in [-0.05, 0) is 51.1 Å². The molecule has 1 fully saturated rings. The van der Waals surface area contributed by atoms with E-state index in [9.17, 15) is 14.0 Å². The van der Waals surface area contributed by atoms with Crippen molar-refractivity contribution in [1.29, 1.82) is 0 Å². The van der Waals surface area contributed by atoms with Crippen molar-refractivity contribution in [1.82, 2.24) is 14.9 Å². The number of ether oxygens (including phenoxy) is 1. The minimum absolute atomic E-state index is 0.0548. The summed E-state index contributed by atoms with van der Waals surface area (Å²) >= 11 is 13.2. The van der Waals surface area contributed by atoms with Crippen LogP contribution in [0, 0.1) is 5.82 Å². The molecule has 3 heterocycles. The highest BCUT2D eigenvalue weighted by atomic mass is 35.5. The van der Waals surface area contributed by atoms with Gasteiger partial charge in [-0.3, -0.25) is 19.6 Å². The molecule has 40 heavy (non-hydrogen) atoms. The van der Waals surface area contributed by atoms with Crippen LogP contribution in [0.15, 0.2) is 70.5 Å². The summed E-state index contributed by atoms with van der Waals surface area (Å²) in [5.41, 5.74) is 3.35. The number of fused-ring (bicyclic) bond motifs is 1. The van der Waals surface area contributed by atoms with Crippen LogP contribution in [0.2, 0.25) is 10.0 Å². The van der Waals surface area contributed by atoms with Gasteiger partial charge < -0.3 is 14.5 Å². The van der Waals surface area contributed by atoms with Gasteiger partial charge in [0.25, 0.3) is 5.91 Å². The lowest BCUT2D eigenvalue weighted by Crippen LogP contribution is -2.52. The number of piperazine rings is 1. The maximum Gasteiger partial charge on any atom is 0.327 e. The van der Waals surface area contributed by atoms with Crippen molar-refractivity contribution in [3.8, 4) is 0 Å². The lowest BCUT2D eigenvalue weighted by molar-refractivity contribution is -0.146. The number of benzene rings is 2. The summed E-state index contributed by atoms with van der Waals surface area (Å²) in [6.45, 7) is 7.79. The van der Waals surface area contributed by atoms with Gasteiger partial charge in [0.15, 0.2) is 0 Å². The van der Waals surface area contributed by atoms with Crippen LogP contribution in [-0.4, -0.2) is 72.0 Å². The Morgan fingerprint density at radius 2 is 1.75 bits per heavy atom. The number of hydrazine groups is 1. The number of esters is 1. The van der Waals surface area contributed by atoms with Crippen LogP contribution in [0.1, 0.15) is 32.4 Å². The Hall–Kier alpha value is -3.56. The zero-order valence-corrected chi connectivity index (χ0v) is 24.0. The number of carbonyl (C=O) groups excluding carboxylic acids is 2. The summed E-state index contributed by atoms with van der Waals surface area (Å²) in [4.78, 5) is 35.5. The third kappa shape index (κ3) is 5.28. The highest BCUT2D eigenvalue weighted by molar-refractivity contribution is 6.42. The molecule has 0 spiro atoms. The van der Waals surface area contributed by atoms with Crippen LogP contribution < -0.4 is 4.90 Å². The van der Waals surface area contributed by atoms with Crippen molar-refractivity contribution in [2.45, 2.75) is 26.8 Å². The number of hydrogen-bond donors (Lipinski definition) is 0. The Labute approximate surface area is 242 Å². The van der Waals surface area contributed by atoms with E-state index >= 15 is 0 Å². The Kier molecular flexibility index (Phi) is 8.05. The number of aliphatic imine (C=N–C) groups is 1.